The summed E-state index contributed by atoms with van der Waals surface area (Å²) in [5, 5.41) is 6.81. The number of hydrogen-bond donors (Lipinski definition) is 1. The molecule has 0 bridgehead atoms. The minimum atomic E-state index is -2.99. The Bertz CT molecular complexity index is 591. The van der Waals surface area contributed by atoms with Gasteiger partial charge in [-0.05, 0) is 27.2 Å². The zero-order valence-corrected chi connectivity index (χ0v) is 12.2. The first-order valence-electron chi connectivity index (χ1n) is 6.38. The number of H-pyrrole nitrogens is 1. The number of nitrogens with one attached hydrogen (secondary N) is 1. The molecule has 7 heteroatoms. The van der Waals surface area contributed by atoms with Gasteiger partial charge in [-0.25, -0.2) is 8.42 Å². The van der Waals surface area contributed by atoms with Crippen molar-refractivity contribution in [3.05, 3.63) is 17.0 Å². The van der Waals surface area contributed by atoms with Crippen LogP contribution < -0.4 is 0 Å². The highest BCUT2D eigenvalue weighted by molar-refractivity contribution is 7.91. The summed E-state index contributed by atoms with van der Waals surface area (Å²) < 4.78 is 23.1. The number of hydrogen-bond acceptors (Lipinski definition) is 4. The second-order valence-electron chi connectivity index (χ2n) is 4.97. The van der Waals surface area contributed by atoms with E-state index < -0.39 is 9.84 Å². The summed E-state index contributed by atoms with van der Waals surface area (Å²) >= 11 is 0. The standard InChI is InChI=1S/C12H19N3O3S/c1-4-15(10-5-6-19(17,18)7-10)12(16)11-8(2)9(3)13-14-11/h10H,4-7H2,1-3H3,(H,13,14). The van der Waals surface area contributed by atoms with E-state index in [0.29, 0.717) is 18.7 Å². The smallest absolute Gasteiger partial charge is 0.274 e. The molecule has 2 rings (SSSR count). The van der Waals surface area contributed by atoms with E-state index in [-0.39, 0.29) is 23.5 Å². The largest absolute Gasteiger partial charge is 0.333 e. The molecule has 19 heavy (non-hydrogen) atoms. The van der Waals surface area contributed by atoms with Crippen LogP contribution in [0.3, 0.4) is 0 Å². The molecule has 2 heterocycles. The van der Waals surface area contributed by atoms with E-state index in [1.807, 2.05) is 20.8 Å². The van der Waals surface area contributed by atoms with E-state index in [4.69, 9.17) is 0 Å². The summed E-state index contributed by atoms with van der Waals surface area (Å²) in [5.41, 5.74) is 2.08. The molecule has 0 spiro atoms. The lowest BCUT2D eigenvalue weighted by Gasteiger charge is -2.26. The van der Waals surface area contributed by atoms with Crippen molar-refractivity contribution in [2.24, 2.45) is 0 Å². The number of aryl methyl sites for hydroxylation is 1. The molecule has 1 aromatic rings. The van der Waals surface area contributed by atoms with Gasteiger partial charge < -0.3 is 4.90 Å². The van der Waals surface area contributed by atoms with Gasteiger partial charge in [0.2, 0.25) is 0 Å². The second kappa shape index (κ2) is 4.96. The van der Waals surface area contributed by atoms with Crippen molar-refractivity contribution in [3.63, 3.8) is 0 Å². The normalized spacial score (nSPS) is 21.5. The van der Waals surface area contributed by atoms with Gasteiger partial charge in [0.05, 0.1) is 11.5 Å². The average molecular weight is 285 g/mol. The molecule has 1 aliphatic rings. The van der Waals surface area contributed by atoms with Crippen molar-refractivity contribution in [2.75, 3.05) is 18.1 Å². The molecule has 0 saturated carbocycles. The first-order chi connectivity index (χ1) is 8.85. The maximum Gasteiger partial charge on any atom is 0.274 e. The van der Waals surface area contributed by atoms with Gasteiger partial charge in [-0.3, -0.25) is 9.89 Å². The average Bonchev–Trinajstić information content (AvgIpc) is 2.85. The molecular formula is C12H19N3O3S. The van der Waals surface area contributed by atoms with E-state index in [9.17, 15) is 13.2 Å². The monoisotopic (exact) mass is 285 g/mol. The Morgan fingerprint density at radius 1 is 1.47 bits per heavy atom. The number of nitrogens with zero attached hydrogens (tertiary/aromatic N) is 2. The first-order valence-corrected chi connectivity index (χ1v) is 8.21. The molecule has 1 amide bonds. The van der Waals surface area contributed by atoms with Crippen LogP contribution in [0.25, 0.3) is 0 Å². The van der Waals surface area contributed by atoms with Crippen LogP contribution in [0.4, 0.5) is 0 Å². The summed E-state index contributed by atoms with van der Waals surface area (Å²) in [6.45, 7) is 6.04. The summed E-state index contributed by atoms with van der Waals surface area (Å²) in [6, 6.07) is -0.223. The molecule has 0 aromatic carbocycles. The maximum atomic E-state index is 12.5. The van der Waals surface area contributed by atoms with Gasteiger partial charge in [0.15, 0.2) is 15.5 Å². The maximum absolute atomic E-state index is 12.5. The number of carbonyl (C=O) groups excluding carboxylic acids is 1. The molecule has 1 aliphatic heterocycles. The lowest BCUT2D eigenvalue weighted by atomic mass is 10.1. The van der Waals surface area contributed by atoms with Gasteiger partial charge in [0, 0.05) is 23.8 Å². The lowest BCUT2D eigenvalue weighted by Crippen LogP contribution is -2.41. The van der Waals surface area contributed by atoms with E-state index in [0.717, 1.165) is 11.3 Å². The number of amides is 1. The minimum absolute atomic E-state index is 0.0645. The van der Waals surface area contributed by atoms with Crippen LogP contribution in [0.1, 0.15) is 35.1 Å². The van der Waals surface area contributed by atoms with Crippen LogP contribution in [0, 0.1) is 13.8 Å². The van der Waals surface area contributed by atoms with Crippen LogP contribution in [0.2, 0.25) is 0 Å². The third-order valence-corrected chi connectivity index (χ3v) is 5.46. The quantitative estimate of drug-likeness (QED) is 0.885. The van der Waals surface area contributed by atoms with Gasteiger partial charge in [-0.2, -0.15) is 5.10 Å². The van der Waals surface area contributed by atoms with Crippen molar-refractivity contribution >= 4 is 15.7 Å². The fourth-order valence-corrected chi connectivity index (χ4v) is 4.15. The highest BCUT2D eigenvalue weighted by Gasteiger charge is 2.35. The predicted octanol–water partition coefficient (Wildman–Crippen LogP) is 0.676. The fourth-order valence-electron chi connectivity index (χ4n) is 2.42. The Hall–Kier alpha value is -1.37. The SMILES string of the molecule is CCN(C(=O)c1n[nH]c(C)c1C)C1CCS(=O)(=O)C1. The zero-order chi connectivity index (χ0) is 14.2. The molecule has 1 aromatic heterocycles. The molecule has 1 N–H and O–H groups in total. The highest BCUT2D eigenvalue weighted by atomic mass is 32.2. The molecular weight excluding hydrogens is 266 g/mol. The van der Waals surface area contributed by atoms with Crippen molar-refractivity contribution in [1.82, 2.24) is 15.1 Å². The Morgan fingerprint density at radius 2 is 2.16 bits per heavy atom. The van der Waals surface area contributed by atoms with Gasteiger partial charge >= 0.3 is 0 Å². The van der Waals surface area contributed by atoms with Crippen molar-refractivity contribution in [1.29, 1.82) is 0 Å². The number of aromatic nitrogens is 2. The van der Waals surface area contributed by atoms with Crippen LogP contribution in [0.5, 0.6) is 0 Å². The van der Waals surface area contributed by atoms with Crippen LogP contribution >= 0.6 is 0 Å². The Kier molecular flexibility index (Phi) is 3.66. The summed E-state index contributed by atoms with van der Waals surface area (Å²) in [5.74, 6) is 0.0427. The third kappa shape index (κ3) is 2.65. The van der Waals surface area contributed by atoms with E-state index in [2.05, 4.69) is 10.2 Å². The van der Waals surface area contributed by atoms with Crippen LogP contribution in [-0.4, -0.2) is 53.5 Å². The topological polar surface area (TPSA) is 83.1 Å². The summed E-state index contributed by atoms with van der Waals surface area (Å²) in [7, 11) is -2.99. The Labute approximate surface area is 113 Å². The van der Waals surface area contributed by atoms with Gasteiger partial charge in [-0.1, -0.05) is 0 Å². The Balaban J connectivity index is 2.23. The molecule has 0 aliphatic carbocycles. The van der Waals surface area contributed by atoms with E-state index >= 15 is 0 Å². The summed E-state index contributed by atoms with van der Waals surface area (Å²) in [6.07, 6.45) is 0.518. The molecule has 6 nitrogen and oxygen atoms in total. The van der Waals surface area contributed by atoms with Crippen molar-refractivity contribution < 1.29 is 13.2 Å². The van der Waals surface area contributed by atoms with E-state index in [1.165, 1.54) is 0 Å². The van der Waals surface area contributed by atoms with Crippen molar-refractivity contribution in [3.8, 4) is 0 Å². The van der Waals surface area contributed by atoms with Crippen LogP contribution in [0.15, 0.2) is 0 Å². The molecule has 1 saturated heterocycles. The third-order valence-electron chi connectivity index (χ3n) is 3.71. The van der Waals surface area contributed by atoms with E-state index in [1.54, 1.807) is 4.90 Å². The molecule has 1 atom stereocenters. The fraction of sp³-hybridized carbons (Fsp3) is 0.667. The molecule has 0 radical (unpaired) electrons. The second-order valence-corrected chi connectivity index (χ2v) is 7.20. The highest BCUT2D eigenvalue weighted by Crippen LogP contribution is 2.20. The zero-order valence-electron chi connectivity index (χ0n) is 11.4. The minimum Gasteiger partial charge on any atom is -0.333 e. The number of carbonyl (C=O) groups is 1. The lowest BCUT2D eigenvalue weighted by molar-refractivity contribution is 0.0701. The molecule has 1 unspecified atom stereocenters. The van der Waals surface area contributed by atoms with Gasteiger partial charge in [-0.15, -0.1) is 0 Å². The summed E-state index contributed by atoms with van der Waals surface area (Å²) in [4.78, 5) is 14.1. The Morgan fingerprint density at radius 3 is 2.58 bits per heavy atom. The van der Waals surface area contributed by atoms with Gasteiger partial charge in [0.25, 0.3) is 5.91 Å². The van der Waals surface area contributed by atoms with Gasteiger partial charge in [0.1, 0.15) is 0 Å². The number of rotatable bonds is 3. The first kappa shape index (κ1) is 14.0. The molecule has 106 valence electrons. The molecule has 1 fully saturated rings. The van der Waals surface area contributed by atoms with Crippen molar-refractivity contribution in [2.45, 2.75) is 33.2 Å². The number of sulfone groups is 1. The predicted molar refractivity (Wildman–Crippen MR) is 71.8 cm³/mol. The number of aromatic amines is 1. The van der Waals surface area contributed by atoms with Crippen LogP contribution in [-0.2, 0) is 9.84 Å².